The molecule has 1 aliphatic rings. The molecule has 0 saturated heterocycles. The first-order chi connectivity index (χ1) is 12.6. The standard InChI is InChI=1S/C19H16N2O5/c1-25-18(23)13-6-7-14-12(10-13)8-9-20(14)17(22)11-21-15-4-2-3-5-16(15)26-19(21)24/h2-7,10H,8-9,11H2,1H3. The molecule has 2 heterocycles. The molecule has 0 atom stereocenters. The Kier molecular flexibility index (Phi) is 3.84. The Morgan fingerprint density at radius 2 is 2.00 bits per heavy atom. The third-order valence-electron chi connectivity index (χ3n) is 4.56. The van der Waals surface area contributed by atoms with E-state index in [4.69, 9.17) is 9.15 Å². The lowest BCUT2D eigenvalue weighted by atomic mass is 10.1. The number of anilines is 1. The molecule has 26 heavy (non-hydrogen) atoms. The molecule has 7 nitrogen and oxygen atoms in total. The van der Waals surface area contributed by atoms with Gasteiger partial charge in [0.1, 0.15) is 6.54 Å². The van der Waals surface area contributed by atoms with Crippen LogP contribution in [-0.2, 0) is 22.5 Å². The molecule has 0 fully saturated rings. The number of hydrogen-bond acceptors (Lipinski definition) is 5. The Hall–Kier alpha value is -3.35. The molecule has 2 aromatic carbocycles. The van der Waals surface area contributed by atoms with Gasteiger partial charge in [-0.2, -0.15) is 0 Å². The molecule has 0 spiro atoms. The molecule has 0 unspecified atom stereocenters. The zero-order valence-corrected chi connectivity index (χ0v) is 14.1. The number of aromatic nitrogens is 1. The van der Waals surface area contributed by atoms with Crippen LogP contribution in [0.1, 0.15) is 15.9 Å². The van der Waals surface area contributed by atoms with Gasteiger partial charge in [0.25, 0.3) is 0 Å². The van der Waals surface area contributed by atoms with Gasteiger partial charge in [-0.3, -0.25) is 9.36 Å². The van der Waals surface area contributed by atoms with Crippen LogP contribution in [0.2, 0.25) is 0 Å². The largest absolute Gasteiger partial charge is 0.465 e. The van der Waals surface area contributed by atoms with Crippen molar-refractivity contribution in [3.8, 4) is 0 Å². The van der Waals surface area contributed by atoms with Gasteiger partial charge in [-0.25, -0.2) is 9.59 Å². The maximum atomic E-state index is 12.8. The highest BCUT2D eigenvalue weighted by molar-refractivity contribution is 5.97. The first kappa shape index (κ1) is 16.1. The number of methoxy groups -OCH3 is 1. The molecular weight excluding hydrogens is 336 g/mol. The molecule has 0 aliphatic carbocycles. The lowest BCUT2D eigenvalue weighted by Crippen LogP contribution is -2.34. The van der Waals surface area contributed by atoms with Gasteiger partial charge in [0, 0.05) is 12.2 Å². The summed E-state index contributed by atoms with van der Waals surface area (Å²) in [5, 5.41) is 0. The van der Waals surface area contributed by atoms with Gasteiger partial charge in [-0.05, 0) is 42.3 Å². The number of esters is 1. The average molecular weight is 352 g/mol. The van der Waals surface area contributed by atoms with Crippen LogP contribution in [0.15, 0.2) is 51.7 Å². The van der Waals surface area contributed by atoms with Gasteiger partial charge in [0.15, 0.2) is 5.58 Å². The summed E-state index contributed by atoms with van der Waals surface area (Å²) < 4.78 is 11.2. The van der Waals surface area contributed by atoms with Crippen molar-refractivity contribution in [2.24, 2.45) is 0 Å². The number of benzene rings is 2. The predicted molar refractivity (Wildman–Crippen MR) is 94.3 cm³/mol. The molecule has 4 rings (SSSR count). The minimum Gasteiger partial charge on any atom is -0.465 e. The Labute approximate surface area is 148 Å². The van der Waals surface area contributed by atoms with Gasteiger partial charge in [-0.1, -0.05) is 12.1 Å². The summed E-state index contributed by atoms with van der Waals surface area (Å²) in [6.07, 6.45) is 0.646. The van der Waals surface area contributed by atoms with Crippen LogP contribution in [-0.4, -0.2) is 30.1 Å². The van der Waals surface area contributed by atoms with E-state index in [9.17, 15) is 14.4 Å². The summed E-state index contributed by atoms with van der Waals surface area (Å²) in [7, 11) is 1.33. The van der Waals surface area contributed by atoms with Gasteiger partial charge in [0.05, 0.1) is 18.2 Å². The monoisotopic (exact) mass is 352 g/mol. The number of para-hydroxylation sites is 2. The topological polar surface area (TPSA) is 81.8 Å². The number of fused-ring (bicyclic) bond motifs is 2. The minimum atomic E-state index is -0.556. The molecule has 1 aliphatic heterocycles. The highest BCUT2D eigenvalue weighted by Gasteiger charge is 2.26. The van der Waals surface area contributed by atoms with Gasteiger partial charge in [-0.15, -0.1) is 0 Å². The summed E-state index contributed by atoms with van der Waals surface area (Å²) in [5.41, 5.74) is 3.16. The fraction of sp³-hybridized carbons (Fsp3) is 0.211. The molecule has 0 radical (unpaired) electrons. The summed E-state index contributed by atoms with van der Waals surface area (Å²) in [4.78, 5) is 38.1. The molecule has 7 heteroatoms. The van der Waals surface area contributed by atoms with E-state index in [1.54, 1.807) is 47.4 Å². The van der Waals surface area contributed by atoms with Crippen molar-refractivity contribution in [3.63, 3.8) is 0 Å². The number of carbonyl (C=O) groups excluding carboxylic acids is 2. The van der Waals surface area contributed by atoms with E-state index in [-0.39, 0.29) is 12.5 Å². The number of nitrogens with zero attached hydrogens (tertiary/aromatic N) is 2. The average Bonchev–Trinajstić information content (AvgIpc) is 3.21. The normalized spacial score (nSPS) is 13.0. The molecule has 1 aromatic heterocycles. The Morgan fingerprint density at radius 3 is 2.81 bits per heavy atom. The van der Waals surface area contributed by atoms with E-state index >= 15 is 0 Å². The zero-order valence-electron chi connectivity index (χ0n) is 14.1. The van der Waals surface area contributed by atoms with Crippen LogP contribution in [0.5, 0.6) is 0 Å². The Balaban J connectivity index is 1.62. The molecular formula is C19H16N2O5. The van der Waals surface area contributed by atoms with E-state index < -0.39 is 11.7 Å². The summed E-state index contributed by atoms with van der Waals surface area (Å²) in [6.45, 7) is 0.400. The second-order valence-corrected chi connectivity index (χ2v) is 6.05. The van der Waals surface area contributed by atoms with Gasteiger partial charge in [0.2, 0.25) is 5.91 Å². The third kappa shape index (κ3) is 2.57. The zero-order chi connectivity index (χ0) is 18.3. The molecule has 0 bridgehead atoms. The highest BCUT2D eigenvalue weighted by atomic mass is 16.5. The minimum absolute atomic E-state index is 0.103. The highest BCUT2D eigenvalue weighted by Crippen LogP contribution is 2.29. The number of ether oxygens (including phenoxy) is 1. The maximum absolute atomic E-state index is 12.8. The first-order valence-corrected chi connectivity index (χ1v) is 8.18. The van der Waals surface area contributed by atoms with E-state index in [2.05, 4.69) is 0 Å². The maximum Gasteiger partial charge on any atom is 0.420 e. The SMILES string of the molecule is COC(=O)c1ccc2c(c1)CCN2C(=O)Cn1c(=O)oc2ccccc21. The van der Waals surface area contributed by atoms with Crippen LogP contribution >= 0.6 is 0 Å². The Bertz CT molecular complexity index is 1080. The van der Waals surface area contributed by atoms with E-state index in [0.717, 1.165) is 11.3 Å². The van der Waals surface area contributed by atoms with Crippen molar-refractivity contribution >= 4 is 28.7 Å². The first-order valence-electron chi connectivity index (χ1n) is 8.18. The number of carbonyl (C=O) groups is 2. The van der Waals surface area contributed by atoms with Crippen molar-refractivity contribution < 1.29 is 18.7 Å². The van der Waals surface area contributed by atoms with Gasteiger partial charge >= 0.3 is 11.7 Å². The second-order valence-electron chi connectivity index (χ2n) is 6.05. The summed E-state index contributed by atoms with van der Waals surface area (Å²) in [5.74, 6) is -1.17. The van der Waals surface area contributed by atoms with Crippen LogP contribution < -0.4 is 10.7 Å². The van der Waals surface area contributed by atoms with Crippen LogP contribution in [0.3, 0.4) is 0 Å². The lowest BCUT2D eigenvalue weighted by Gasteiger charge is -2.17. The third-order valence-corrected chi connectivity index (χ3v) is 4.56. The van der Waals surface area contributed by atoms with E-state index in [0.29, 0.717) is 29.6 Å². The van der Waals surface area contributed by atoms with Crippen molar-refractivity contribution in [1.29, 1.82) is 0 Å². The fourth-order valence-corrected chi connectivity index (χ4v) is 3.29. The van der Waals surface area contributed by atoms with E-state index in [1.807, 2.05) is 0 Å². The predicted octanol–water partition coefficient (Wildman–Crippen LogP) is 1.97. The smallest absolute Gasteiger partial charge is 0.420 e. The van der Waals surface area contributed by atoms with Gasteiger partial charge < -0.3 is 14.1 Å². The number of oxazole rings is 1. The van der Waals surface area contributed by atoms with Crippen molar-refractivity contribution in [1.82, 2.24) is 4.57 Å². The van der Waals surface area contributed by atoms with Crippen molar-refractivity contribution in [2.75, 3.05) is 18.6 Å². The van der Waals surface area contributed by atoms with Crippen molar-refractivity contribution in [3.05, 3.63) is 64.1 Å². The summed E-state index contributed by atoms with van der Waals surface area (Å²) >= 11 is 0. The fourth-order valence-electron chi connectivity index (χ4n) is 3.29. The molecule has 132 valence electrons. The Morgan fingerprint density at radius 1 is 1.19 bits per heavy atom. The second kappa shape index (κ2) is 6.18. The molecule has 0 saturated carbocycles. The number of rotatable bonds is 3. The molecule has 1 amide bonds. The van der Waals surface area contributed by atoms with E-state index in [1.165, 1.54) is 11.7 Å². The number of amides is 1. The molecule has 0 N–H and O–H groups in total. The quantitative estimate of drug-likeness (QED) is 0.673. The van der Waals surface area contributed by atoms with Crippen molar-refractivity contribution in [2.45, 2.75) is 13.0 Å². The molecule has 3 aromatic rings. The van der Waals surface area contributed by atoms with Crippen LogP contribution in [0.4, 0.5) is 5.69 Å². The van der Waals surface area contributed by atoms with Crippen LogP contribution in [0.25, 0.3) is 11.1 Å². The van der Waals surface area contributed by atoms with Crippen LogP contribution in [0, 0.1) is 0 Å². The summed E-state index contributed by atoms with van der Waals surface area (Å²) in [6, 6.07) is 12.1. The number of hydrogen-bond donors (Lipinski definition) is 0. The lowest BCUT2D eigenvalue weighted by molar-refractivity contribution is -0.119.